The lowest BCUT2D eigenvalue weighted by Gasteiger charge is -2.27. The quantitative estimate of drug-likeness (QED) is 0.858. The summed E-state index contributed by atoms with van der Waals surface area (Å²) < 4.78 is 1.77. The third-order valence-corrected chi connectivity index (χ3v) is 4.35. The molecule has 0 bridgehead atoms. The molecule has 2 heterocycles. The number of carbonyl (C=O) groups excluding carboxylic acids is 1. The minimum Gasteiger partial charge on any atom is -0.374 e. The van der Waals surface area contributed by atoms with Crippen LogP contribution >= 0.6 is 0 Å². The van der Waals surface area contributed by atoms with Crippen LogP contribution in [-0.4, -0.2) is 35.8 Å². The van der Waals surface area contributed by atoms with Gasteiger partial charge in [0.2, 0.25) is 5.91 Å². The van der Waals surface area contributed by atoms with Gasteiger partial charge >= 0.3 is 0 Å². The number of hydrogen-bond acceptors (Lipinski definition) is 3. The molecule has 5 nitrogen and oxygen atoms in total. The van der Waals surface area contributed by atoms with Crippen LogP contribution in [0.4, 0.5) is 5.69 Å². The van der Waals surface area contributed by atoms with E-state index in [0.29, 0.717) is 6.54 Å². The molecule has 0 aliphatic carbocycles. The van der Waals surface area contributed by atoms with Crippen molar-refractivity contribution in [2.24, 2.45) is 7.05 Å². The number of hydrogen-bond donors (Lipinski definition) is 1. The maximum Gasteiger partial charge on any atom is 0.244 e. The highest BCUT2D eigenvalue weighted by atomic mass is 16.1. The van der Waals surface area contributed by atoms with Crippen LogP contribution < -0.4 is 10.2 Å². The second kappa shape index (κ2) is 7.34. The first-order valence-electron chi connectivity index (χ1n) is 8.39. The summed E-state index contributed by atoms with van der Waals surface area (Å²) in [5.74, 6) is -0.0614. The highest BCUT2D eigenvalue weighted by Gasteiger charge is 2.12. The van der Waals surface area contributed by atoms with Gasteiger partial charge in [-0.25, -0.2) is 0 Å². The largest absolute Gasteiger partial charge is 0.374 e. The summed E-state index contributed by atoms with van der Waals surface area (Å²) in [7, 11) is 4.02. The van der Waals surface area contributed by atoms with Gasteiger partial charge in [-0.3, -0.25) is 9.48 Å². The summed E-state index contributed by atoms with van der Waals surface area (Å²) in [5.41, 5.74) is 4.87. The Kier molecular flexibility index (Phi) is 4.99. The van der Waals surface area contributed by atoms with Crippen LogP contribution in [-0.2, 0) is 24.7 Å². The van der Waals surface area contributed by atoms with Crippen molar-refractivity contribution < 1.29 is 4.79 Å². The van der Waals surface area contributed by atoms with Crippen molar-refractivity contribution in [1.82, 2.24) is 15.1 Å². The standard InChI is InChI=1S/C19H24N4O/c1-22-11-3-4-17-12-15(5-7-18(17)22)6-8-19(24)20-10-9-16-13-21-23(2)14-16/h5-8,12-14H,3-4,9-11H2,1-2H3,(H,20,24)/b8-6-. The van der Waals surface area contributed by atoms with Gasteiger partial charge in [-0.1, -0.05) is 6.07 Å². The van der Waals surface area contributed by atoms with Crippen LogP contribution in [0, 0.1) is 0 Å². The van der Waals surface area contributed by atoms with Crippen LogP contribution in [0.25, 0.3) is 6.08 Å². The predicted octanol–water partition coefficient (Wildman–Crippen LogP) is 2.17. The summed E-state index contributed by atoms with van der Waals surface area (Å²) in [4.78, 5) is 14.2. The van der Waals surface area contributed by atoms with E-state index >= 15 is 0 Å². The third-order valence-electron chi connectivity index (χ3n) is 4.35. The van der Waals surface area contributed by atoms with Crippen molar-refractivity contribution in [2.45, 2.75) is 19.3 Å². The van der Waals surface area contributed by atoms with Crippen LogP contribution in [0.2, 0.25) is 0 Å². The van der Waals surface area contributed by atoms with E-state index in [-0.39, 0.29) is 5.91 Å². The maximum absolute atomic E-state index is 11.9. The average molecular weight is 324 g/mol. The van der Waals surface area contributed by atoms with E-state index in [9.17, 15) is 4.79 Å². The summed E-state index contributed by atoms with van der Waals surface area (Å²) in [6.07, 6.45) is 10.4. The molecule has 0 spiro atoms. The molecule has 1 aromatic heterocycles. The Morgan fingerprint density at radius 3 is 3.04 bits per heavy atom. The minimum atomic E-state index is -0.0614. The molecular weight excluding hydrogens is 300 g/mol. The van der Waals surface area contributed by atoms with Gasteiger partial charge < -0.3 is 10.2 Å². The Morgan fingerprint density at radius 2 is 2.25 bits per heavy atom. The molecule has 5 heteroatoms. The number of nitrogens with zero attached hydrogens (tertiary/aromatic N) is 3. The molecule has 0 saturated heterocycles. The zero-order chi connectivity index (χ0) is 16.9. The summed E-state index contributed by atoms with van der Waals surface area (Å²) >= 11 is 0. The SMILES string of the molecule is CN1CCCc2cc(/C=C\C(=O)NCCc3cnn(C)c3)ccc21. The highest BCUT2D eigenvalue weighted by molar-refractivity contribution is 5.91. The van der Waals surface area contributed by atoms with Crippen LogP contribution in [0.1, 0.15) is 23.1 Å². The second-order valence-electron chi connectivity index (χ2n) is 6.31. The zero-order valence-corrected chi connectivity index (χ0v) is 14.3. The minimum absolute atomic E-state index is 0.0614. The highest BCUT2D eigenvalue weighted by Crippen LogP contribution is 2.27. The Labute approximate surface area is 143 Å². The number of rotatable bonds is 5. The molecule has 0 atom stereocenters. The van der Waals surface area contributed by atoms with Crippen LogP contribution in [0.15, 0.2) is 36.7 Å². The molecule has 0 saturated carbocycles. The molecule has 1 aliphatic heterocycles. The smallest absolute Gasteiger partial charge is 0.244 e. The lowest BCUT2D eigenvalue weighted by molar-refractivity contribution is -0.116. The molecule has 0 fully saturated rings. The Morgan fingerprint density at radius 1 is 1.38 bits per heavy atom. The first kappa shape index (κ1) is 16.3. The lowest BCUT2D eigenvalue weighted by atomic mass is 9.99. The zero-order valence-electron chi connectivity index (χ0n) is 14.3. The van der Waals surface area contributed by atoms with Gasteiger partial charge in [-0.2, -0.15) is 5.10 Å². The fourth-order valence-corrected chi connectivity index (χ4v) is 3.07. The Bertz CT molecular complexity index is 748. The summed E-state index contributed by atoms with van der Waals surface area (Å²) in [5, 5.41) is 7.03. The van der Waals surface area contributed by atoms with Crippen molar-refractivity contribution in [1.29, 1.82) is 0 Å². The van der Waals surface area contributed by atoms with Crippen molar-refractivity contribution in [3.05, 3.63) is 53.4 Å². The van der Waals surface area contributed by atoms with E-state index in [1.807, 2.05) is 25.5 Å². The van der Waals surface area contributed by atoms with Crippen molar-refractivity contribution >= 4 is 17.7 Å². The molecular formula is C19H24N4O. The lowest BCUT2D eigenvalue weighted by Crippen LogP contribution is -2.24. The Balaban J connectivity index is 1.52. The molecule has 3 rings (SSSR count). The van der Waals surface area contributed by atoms with Gasteiger partial charge in [-0.15, -0.1) is 0 Å². The van der Waals surface area contributed by atoms with E-state index in [4.69, 9.17) is 0 Å². The number of nitrogens with one attached hydrogen (secondary N) is 1. The van der Waals surface area contributed by atoms with Crippen molar-refractivity contribution in [3.63, 3.8) is 0 Å². The van der Waals surface area contributed by atoms with E-state index < -0.39 is 0 Å². The van der Waals surface area contributed by atoms with Crippen molar-refractivity contribution in [2.75, 3.05) is 25.0 Å². The van der Waals surface area contributed by atoms with Gasteiger partial charge in [0.05, 0.1) is 6.20 Å². The normalized spacial score (nSPS) is 14.0. The monoisotopic (exact) mass is 324 g/mol. The van der Waals surface area contributed by atoms with E-state index in [1.54, 1.807) is 10.8 Å². The average Bonchev–Trinajstić information content (AvgIpc) is 2.98. The number of fused-ring (bicyclic) bond motifs is 1. The summed E-state index contributed by atoms with van der Waals surface area (Å²) in [6, 6.07) is 6.40. The number of anilines is 1. The first-order chi connectivity index (χ1) is 11.6. The molecule has 0 radical (unpaired) electrons. The maximum atomic E-state index is 11.9. The molecule has 1 amide bonds. The third kappa shape index (κ3) is 4.04. The molecule has 2 aromatic rings. The summed E-state index contributed by atoms with van der Waals surface area (Å²) in [6.45, 7) is 1.73. The first-order valence-corrected chi connectivity index (χ1v) is 8.39. The second-order valence-corrected chi connectivity index (χ2v) is 6.31. The van der Waals surface area contributed by atoms with Gasteiger partial charge in [0, 0.05) is 45.1 Å². The molecule has 0 unspecified atom stereocenters. The number of aryl methyl sites for hydroxylation is 2. The molecule has 126 valence electrons. The molecule has 24 heavy (non-hydrogen) atoms. The topological polar surface area (TPSA) is 50.2 Å². The van der Waals surface area contributed by atoms with Crippen LogP contribution in [0.5, 0.6) is 0 Å². The fraction of sp³-hybridized carbons (Fsp3) is 0.368. The van der Waals surface area contributed by atoms with Crippen molar-refractivity contribution in [3.8, 4) is 0 Å². The van der Waals surface area contributed by atoms with E-state index in [2.05, 4.69) is 40.6 Å². The van der Waals surface area contributed by atoms with Gasteiger partial charge in [0.25, 0.3) is 0 Å². The fourth-order valence-electron chi connectivity index (χ4n) is 3.07. The molecule has 1 N–H and O–H groups in total. The number of carbonyl (C=O) groups is 1. The van der Waals surface area contributed by atoms with Gasteiger partial charge in [-0.05, 0) is 54.2 Å². The molecule has 1 aromatic carbocycles. The van der Waals surface area contributed by atoms with Gasteiger partial charge in [0.15, 0.2) is 0 Å². The predicted molar refractivity (Wildman–Crippen MR) is 97.0 cm³/mol. The number of amides is 1. The van der Waals surface area contributed by atoms with E-state index in [1.165, 1.54) is 17.7 Å². The number of benzene rings is 1. The molecule has 1 aliphatic rings. The van der Waals surface area contributed by atoms with Crippen LogP contribution in [0.3, 0.4) is 0 Å². The van der Waals surface area contributed by atoms with E-state index in [0.717, 1.165) is 30.5 Å². The Hall–Kier alpha value is -2.56. The van der Waals surface area contributed by atoms with Gasteiger partial charge in [0.1, 0.15) is 0 Å². The number of aromatic nitrogens is 2.